The van der Waals surface area contributed by atoms with Gasteiger partial charge in [-0.05, 0) is 7.05 Å². The Morgan fingerprint density at radius 3 is 2.60 bits per heavy atom. The van der Waals surface area contributed by atoms with Crippen LogP contribution in [0.15, 0.2) is 4.42 Å². The number of nitrogens with one attached hydrogen (secondary N) is 1. The van der Waals surface area contributed by atoms with Gasteiger partial charge < -0.3 is 9.73 Å². The number of rotatable bonds is 3. The molecule has 0 aliphatic heterocycles. The van der Waals surface area contributed by atoms with Gasteiger partial charge in [-0.2, -0.15) is 0 Å². The molecular weight excluding hydrogens is 130 g/mol. The van der Waals surface area contributed by atoms with Gasteiger partial charge in [0.2, 0.25) is 11.8 Å². The zero-order valence-electron chi connectivity index (χ0n) is 6.22. The van der Waals surface area contributed by atoms with Gasteiger partial charge >= 0.3 is 0 Å². The molecule has 0 fully saturated rings. The van der Waals surface area contributed by atoms with Crippen molar-refractivity contribution in [2.75, 3.05) is 7.05 Å². The second kappa shape index (κ2) is 3.31. The Labute approximate surface area is 59.6 Å². The second-order valence-corrected chi connectivity index (χ2v) is 1.97. The lowest BCUT2D eigenvalue weighted by molar-refractivity contribution is 0.443. The van der Waals surface area contributed by atoms with Gasteiger partial charge in [-0.3, -0.25) is 0 Å². The van der Waals surface area contributed by atoms with E-state index in [1.54, 1.807) is 0 Å². The van der Waals surface area contributed by atoms with E-state index in [9.17, 15) is 0 Å². The molecule has 4 heteroatoms. The predicted octanol–water partition coefficient (Wildman–Crippen LogP) is 0.351. The Morgan fingerprint density at radius 2 is 2.10 bits per heavy atom. The number of hydrogen-bond donors (Lipinski definition) is 1. The highest BCUT2D eigenvalue weighted by Crippen LogP contribution is 1.98. The van der Waals surface area contributed by atoms with E-state index in [1.807, 2.05) is 14.0 Å². The Hall–Kier alpha value is -0.900. The van der Waals surface area contributed by atoms with E-state index in [0.717, 1.165) is 6.42 Å². The highest BCUT2D eigenvalue weighted by atomic mass is 16.4. The Bertz CT molecular complexity index is 197. The normalized spacial score (nSPS) is 10.2. The number of aryl methyl sites for hydroxylation is 1. The van der Waals surface area contributed by atoms with Crippen molar-refractivity contribution >= 4 is 0 Å². The molecule has 1 heterocycles. The van der Waals surface area contributed by atoms with E-state index in [4.69, 9.17) is 4.42 Å². The third kappa shape index (κ3) is 1.54. The van der Waals surface area contributed by atoms with Crippen LogP contribution < -0.4 is 5.32 Å². The van der Waals surface area contributed by atoms with Crippen LogP contribution in [0, 0.1) is 0 Å². The Kier molecular flexibility index (Phi) is 2.39. The predicted molar refractivity (Wildman–Crippen MR) is 36.4 cm³/mol. The summed E-state index contributed by atoms with van der Waals surface area (Å²) >= 11 is 0. The molecule has 0 spiro atoms. The zero-order valence-corrected chi connectivity index (χ0v) is 6.22. The molecule has 56 valence electrons. The topological polar surface area (TPSA) is 51.0 Å². The molecule has 0 saturated heterocycles. The summed E-state index contributed by atoms with van der Waals surface area (Å²) in [5.41, 5.74) is 0. The molecule has 0 aliphatic rings. The molecule has 0 radical (unpaired) electrons. The van der Waals surface area contributed by atoms with Crippen molar-refractivity contribution in [3.05, 3.63) is 11.8 Å². The first-order valence-electron chi connectivity index (χ1n) is 3.32. The van der Waals surface area contributed by atoms with E-state index in [0.29, 0.717) is 18.3 Å². The van der Waals surface area contributed by atoms with Crippen LogP contribution in [-0.2, 0) is 13.0 Å². The van der Waals surface area contributed by atoms with Gasteiger partial charge in [-0.25, -0.2) is 0 Å². The molecule has 0 aliphatic carbocycles. The van der Waals surface area contributed by atoms with Gasteiger partial charge in [0, 0.05) is 6.42 Å². The van der Waals surface area contributed by atoms with Crippen LogP contribution in [0.2, 0.25) is 0 Å². The maximum absolute atomic E-state index is 5.19. The molecule has 1 aromatic rings. The molecule has 0 atom stereocenters. The first-order valence-corrected chi connectivity index (χ1v) is 3.32. The van der Waals surface area contributed by atoms with Crippen LogP contribution in [0.4, 0.5) is 0 Å². The summed E-state index contributed by atoms with van der Waals surface area (Å²) in [6.45, 7) is 2.63. The molecule has 1 aromatic heterocycles. The van der Waals surface area contributed by atoms with Gasteiger partial charge in [0.25, 0.3) is 0 Å². The van der Waals surface area contributed by atoms with Crippen LogP contribution in [0.1, 0.15) is 18.7 Å². The van der Waals surface area contributed by atoms with Crippen LogP contribution in [0.25, 0.3) is 0 Å². The fourth-order valence-corrected chi connectivity index (χ4v) is 0.654. The van der Waals surface area contributed by atoms with Crippen molar-refractivity contribution in [2.24, 2.45) is 0 Å². The lowest BCUT2D eigenvalue weighted by Gasteiger charge is -1.87. The molecule has 4 nitrogen and oxygen atoms in total. The van der Waals surface area contributed by atoms with E-state index >= 15 is 0 Å². The van der Waals surface area contributed by atoms with E-state index in [2.05, 4.69) is 15.5 Å². The fraction of sp³-hybridized carbons (Fsp3) is 0.667. The monoisotopic (exact) mass is 141 g/mol. The Balaban J connectivity index is 2.59. The maximum atomic E-state index is 5.19. The van der Waals surface area contributed by atoms with Gasteiger partial charge in [-0.1, -0.05) is 6.92 Å². The minimum absolute atomic E-state index is 0.646. The molecule has 0 aromatic carbocycles. The average Bonchev–Trinajstić information content (AvgIpc) is 2.37. The highest BCUT2D eigenvalue weighted by Gasteiger charge is 2.00. The van der Waals surface area contributed by atoms with E-state index < -0.39 is 0 Å². The first-order chi connectivity index (χ1) is 4.86. The summed E-state index contributed by atoms with van der Waals surface area (Å²) in [4.78, 5) is 0. The Morgan fingerprint density at radius 1 is 1.40 bits per heavy atom. The molecular formula is C6H11N3O. The van der Waals surface area contributed by atoms with Crippen molar-refractivity contribution in [2.45, 2.75) is 19.9 Å². The number of aromatic nitrogens is 2. The van der Waals surface area contributed by atoms with Crippen LogP contribution in [0.3, 0.4) is 0 Å². The highest BCUT2D eigenvalue weighted by molar-refractivity contribution is 4.79. The first kappa shape index (κ1) is 7.21. The van der Waals surface area contributed by atoms with Crippen molar-refractivity contribution in [1.29, 1.82) is 0 Å². The molecule has 10 heavy (non-hydrogen) atoms. The molecule has 0 unspecified atom stereocenters. The zero-order chi connectivity index (χ0) is 7.40. The quantitative estimate of drug-likeness (QED) is 0.660. The van der Waals surface area contributed by atoms with Crippen molar-refractivity contribution in [3.8, 4) is 0 Å². The third-order valence-corrected chi connectivity index (χ3v) is 1.14. The van der Waals surface area contributed by atoms with E-state index in [1.165, 1.54) is 0 Å². The van der Waals surface area contributed by atoms with Crippen molar-refractivity contribution < 1.29 is 4.42 Å². The van der Waals surface area contributed by atoms with Crippen LogP contribution in [-0.4, -0.2) is 17.2 Å². The van der Waals surface area contributed by atoms with Gasteiger partial charge in [0.15, 0.2) is 0 Å². The molecule has 0 bridgehead atoms. The maximum Gasteiger partial charge on any atom is 0.230 e. The fourth-order valence-electron chi connectivity index (χ4n) is 0.654. The summed E-state index contributed by atoms with van der Waals surface area (Å²) in [6, 6.07) is 0. The minimum Gasteiger partial charge on any atom is -0.424 e. The lowest BCUT2D eigenvalue weighted by atomic mass is 10.5. The van der Waals surface area contributed by atoms with Crippen LogP contribution >= 0.6 is 0 Å². The van der Waals surface area contributed by atoms with Gasteiger partial charge in [-0.15, -0.1) is 10.2 Å². The second-order valence-electron chi connectivity index (χ2n) is 1.97. The third-order valence-electron chi connectivity index (χ3n) is 1.14. The van der Waals surface area contributed by atoms with Gasteiger partial charge in [0.05, 0.1) is 6.54 Å². The molecule has 1 N–H and O–H groups in total. The summed E-state index contributed by atoms with van der Waals surface area (Å²) in [5, 5.41) is 10.5. The summed E-state index contributed by atoms with van der Waals surface area (Å²) < 4.78 is 5.19. The molecule has 0 saturated carbocycles. The largest absolute Gasteiger partial charge is 0.424 e. The van der Waals surface area contributed by atoms with E-state index in [-0.39, 0.29) is 0 Å². The summed E-state index contributed by atoms with van der Waals surface area (Å²) in [7, 11) is 1.84. The SMILES string of the molecule is CCc1nnc(CNC)o1. The van der Waals surface area contributed by atoms with Gasteiger partial charge in [0.1, 0.15) is 0 Å². The molecule has 1 rings (SSSR count). The van der Waals surface area contributed by atoms with Crippen molar-refractivity contribution in [3.63, 3.8) is 0 Å². The minimum atomic E-state index is 0.646. The standard InChI is InChI=1S/C6H11N3O/c1-3-5-8-9-6(10-5)4-7-2/h7H,3-4H2,1-2H3. The number of nitrogens with zero attached hydrogens (tertiary/aromatic N) is 2. The summed E-state index contributed by atoms with van der Waals surface area (Å²) in [5.74, 6) is 1.35. The van der Waals surface area contributed by atoms with Crippen LogP contribution in [0.5, 0.6) is 0 Å². The molecule has 0 amide bonds. The van der Waals surface area contributed by atoms with Crippen molar-refractivity contribution in [1.82, 2.24) is 15.5 Å². The lowest BCUT2D eigenvalue weighted by Crippen LogP contribution is -2.04. The summed E-state index contributed by atoms with van der Waals surface area (Å²) in [6.07, 6.45) is 0.802. The number of hydrogen-bond acceptors (Lipinski definition) is 4. The smallest absolute Gasteiger partial charge is 0.230 e. The average molecular weight is 141 g/mol.